The standard InChI is InChI=1S/C12H17NO/c1-4-9-14-12-7-5-11(6-8-12)10(2)13-3/h4-8,10,13H,1,9H2,2-3H3. The van der Waals surface area contributed by atoms with E-state index in [9.17, 15) is 0 Å². The molecule has 0 amide bonds. The van der Waals surface area contributed by atoms with Gasteiger partial charge in [-0.15, -0.1) is 0 Å². The van der Waals surface area contributed by atoms with E-state index in [1.54, 1.807) is 6.08 Å². The molecule has 1 unspecified atom stereocenters. The molecule has 76 valence electrons. The van der Waals surface area contributed by atoms with Crippen molar-refractivity contribution in [2.75, 3.05) is 13.7 Å². The van der Waals surface area contributed by atoms with Gasteiger partial charge in [0.2, 0.25) is 0 Å². The fourth-order valence-corrected chi connectivity index (χ4v) is 1.17. The number of hydrogen-bond acceptors (Lipinski definition) is 2. The molecule has 0 aromatic heterocycles. The van der Waals surface area contributed by atoms with Gasteiger partial charge in [-0.1, -0.05) is 24.8 Å². The highest BCUT2D eigenvalue weighted by molar-refractivity contribution is 5.28. The van der Waals surface area contributed by atoms with Crippen molar-refractivity contribution in [3.05, 3.63) is 42.5 Å². The Morgan fingerprint density at radius 2 is 2.07 bits per heavy atom. The van der Waals surface area contributed by atoms with E-state index in [1.165, 1.54) is 5.56 Å². The fourth-order valence-electron chi connectivity index (χ4n) is 1.17. The zero-order chi connectivity index (χ0) is 10.4. The van der Waals surface area contributed by atoms with Gasteiger partial charge in [-0.05, 0) is 31.7 Å². The van der Waals surface area contributed by atoms with Crippen molar-refractivity contribution in [3.8, 4) is 5.75 Å². The van der Waals surface area contributed by atoms with Crippen LogP contribution in [0.5, 0.6) is 5.75 Å². The minimum absolute atomic E-state index is 0.378. The van der Waals surface area contributed by atoms with E-state index in [0.717, 1.165) is 5.75 Å². The lowest BCUT2D eigenvalue weighted by Gasteiger charge is -2.11. The van der Waals surface area contributed by atoms with Crippen LogP contribution < -0.4 is 10.1 Å². The topological polar surface area (TPSA) is 21.3 Å². The van der Waals surface area contributed by atoms with E-state index in [4.69, 9.17) is 4.74 Å². The molecule has 0 fully saturated rings. The summed E-state index contributed by atoms with van der Waals surface area (Å²) in [5.74, 6) is 0.886. The van der Waals surface area contributed by atoms with Gasteiger partial charge < -0.3 is 10.1 Å². The fraction of sp³-hybridized carbons (Fsp3) is 0.333. The molecule has 0 radical (unpaired) electrons. The Labute approximate surface area is 85.6 Å². The average molecular weight is 191 g/mol. The normalized spacial score (nSPS) is 12.1. The molecule has 0 bridgehead atoms. The third-order valence-electron chi connectivity index (χ3n) is 2.18. The molecule has 1 rings (SSSR count). The van der Waals surface area contributed by atoms with Gasteiger partial charge in [0, 0.05) is 6.04 Å². The zero-order valence-corrected chi connectivity index (χ0v) is 8.79. The van der Waals surface area contributed by atoms with E-state index in [-0.39, 0.29) is 0 Å². The molecule has 0 aliphatic rings. The van der Waals surface area contributed by atoms with Crippen molar-refractivity contribution in [2.24, 2.45) is 0 Å². The maximum Gasteiger partial charge on any atom is 0.119 e. The predicted molar refractivity (Wildman–Crippen MR) is 59.6 cm³/mol. The molecule has 2 nitrogen and oxygen atoms in total. The first kappa shape index (κ1) is 10.8. The van der Waals surface area contributed by atoms with Crippen LogP contribution in [0.4, 0.5) is 0 Å². The van der Waals surface area contributed by atoms with Crippen LogP contribution in [0.1, 0.15) is 18.5 Å². The molecule has 0 saturated carbocycles. The lowest BCUT2D eigenvalue weighted by molar-refractivity contribution is 0.363. The van der Waals surface area contributed by atoms with Crippen molar-refractivity contribution in [3.63, 3.8) is 0 Å². The molecule has 1 aromatic rings. The van der Waals surface area contributed by atoms with E-state index in [2.05, 4.69) is 31.0 Å². The number of benzene rings is 1. The van der Waals surface area contributed by atoms with Gasteiger partial charge in [0.1, 0.15) is 12.4 Å². The minimum Gasteiger partial charge on any atom is -0.490 e. The van der Waals surface area contributed by atoms with Crippen molar-refractivity contribution < 1.29 is 4.74 Å². The molecule has 1 aromatic carbocycles. The second-order valence-electron chi connectivity index (χ2n) is 3.18. The third-order valence-corrected chi connectivity index (χ3v) is 2.18. The first-order chi connectivity index (χ1) is 6.77. The molecule has 1 N–H and O–H groups in total. The Bertz CT molecular complexity index is 279. The Balaban J connectivity index is 2.63. The van der Waals surface area contributed by atoms with E-state index in [1.807, 2.05) is 19.2 Å². The highest BCUT2D eigenvalue weighted by Gasteiger charge is 2.01. The molecule has 1 atom stereocenters. The first-order valence-electron chi connectivity index (χ1n) is 4.79. The Morgan fingerprint density at radius 3 is 2.57 bits per heavy atom. The van der Waals surface area contributed by atoms with Crippen LogP contribution >= 0.6 is 0 Å². The van der Waals surface area contributed by atoms with Gasteiger partial charge in [0.05, 0.1) is 0 Å². The van der Waals surface area contributed by atoms with Gasteiger partial charge in [0.25, 0.3) is 0 Å². The van der Waals surface area contributed by atoms with Crippen LogP contribution in [0.15, 0.2) is 36.9 Å². The summed E-state index contributed by atoms with van der Waals surface area (Å²) in [6.07, 6.45) is 1.74. The maximum absolute atomic E-state index is 5.39. The summed E-state index contributed by atoms with van der Waals surface area (Å²) in [5, 5.41) is 3.19. The second kappa shape index (κ2) is 5.45. The van der Waals surface area contributed by atoms with Gasteiger partial charge in [-0.25, -0.2) is 0 Å². The largest absolute Gasteiger partial charge is 0.490 e. The Hall–Kier alpha value is -1.28. The highest BCUT2D eigenvalue weighted by atomic mass is 16.5. The third kappa shape index (κ3) is 2.89. The van der Waals surface area contributed by atoms with Crippen molar-refractivity contribution in [2.45, 2.75) is 13.0 Å². The second-order valence-corrected chi connectivity index (χ2v) is 3.18. The number of nitrogens with one attached hydrogen (secondary N) is 1. The van der Waals surface area contributed by atoms with E-state index < -0.39 is 0 Å². The van der Waals surface area contributed by atoms with Crippen LogP contribution in [0, 0.1) is 0 Å². The molecule has 0 spiro atoms. The van der Waals surface area contributed by atoms with Gasteiger partial charge >= 0.3 is 0 Å². The zero-order valence-electron chi connectivity index (χ0n) is 8.79. The molecule has 0 saturated heterocycles. The molecule has 0 aliphatic carbocycles. The SMILES string of the molecule is C=CCOc1ccc(C(C)NC)cc1. The summed E-state index contributed by atoms with van der Waals surface area (Å²) in [4.78, 5) is 0. The number of ether oxygens (including phenoxy) is 1. The summed E-state index contributed by atoms with van der Waals surface area (Å²) in [5.41, 5.74) is 1.26. The Kier molecular flexibility index (Phi) is 4.20. The summed E-state index contributed by atoms with van der Waals surface area (Å²) in [6, 6.07) is 8.47. The van der Waals surface area contributed by atoms with Crippen LogP contribution in [-0.4, -0.2) is 13.7 Å². The van der Waals surface area contributed by atoms with Crippen LogP contribution in [0.25, 0.3) is 0 Å². The number of rotatable bonds is 5. The summed E-state index contributed by atoms with van der Waals surface area (Å²) in [6.45, 7) is 6.28. The first-order valence-corrected chi connectivity index (χ1v) is 4.79. The lowest BCUT2D eigenvalue weighted by Crippen LogP contribution is -2.11. The van der Waals surface area contributed by atoms with Crippen molar-refractivity contribution in [1.82, 2.24) is 5.32 Å². The average Bonchev–Trinajstić information content (AvgIpc) is 2.26. The summed E-state index contributed by atoms with van der Waals surface area (Å²) < 4.78 is 5.39. The molecule has 0 heterocycles. The molecule has 2 heteroatoms. The molecular formula is C12H17NO. The monoisotopic (exact) mass is 191 g/mol. The summed E-state index contributed by atoms with van der Waals surface area (Å²) >= 11 is 0. The van der Waals surface area contributed by atoms with Gasteiger partial charge in [-0.2, -0.15) is 0 Å². The summed E-state index contributed by atoms with van der Waals surface area (Å²) in [7, 11) is 1.95. The minimum atomic E-state index is 0.378. The quantitative estimate of drug-likeness (QED) is 0.722. The molecule has 0 aliphatic heterocycles. The van der Waals surface area contributed by atoms with Crippen LogP contribution in [0.3, 0.4) is 0 Å². The lowest BCUT2D eigenvalue weighted by atomic mass is 10.1. The van der Waals surface area contributed by atoms with Gasteiger partial charge in [-0.3, -0.25) is 0 Å². The van der Waals surface area contributed by atoms with Crippen LogP contribution in [0.2, 0.25) is 0 Å². The van der Waals surface area contributed by atoms with Crippen molar-refractivity contribution in [1.29, 1.82) is 0 Å². The molecular weight excluding hydrogens is 174 g/mol. The van der Waals surface area contributed by atoms with Crippen LogP contribution in [-0.2, 0) is 0 Å². The number of hydrogen-bond donors (Lipinski definition) is 1. The van der Waals surface area contributed by atoms with Gasteiger partial charge in [0.15, 0.2) is 0 Å². The maximum atomic E-state index is 5.39. The highest BCUT2D eigenvalue weighted by Crippen LogP contribution is 2.16. The van der Waals surface area contributed by atoms with E-state index >= 15 is 0 Å². The smallest absolute Gasteiger partial charge is 0.119 e. The Morgan fingerprint density at radius 1 is 1.43 bits per heavy atom. The van der Waals surface area contributed by atoms with E-state index in [0.29, 0.717) is 12.6 Å². The molecule has 14 heavy (non-hydrogen) atoms. The predicted octanol–water partition coefficient (Wildman–Crippen LogP) is 2.53. The van der Waals surface area contributed by atoms with Crippen molar-refractivity contribution >= 4 is 0 Å².